The largest absolute Gasteiger partial charge is 0.487 e. The van der Waals surface area contributed by atoms with Gasteiger partial charge in [0.25, 0.3) is 0 Å². The second kappa shape index (κ2) is 10.4. The number of aromatic nitrogens is 2. The lowest BCUT2D eigenvalue weighted by Gasteiger charge is -2.21. The molecule has 1 aliphatic carbocycles. The van der Waals surface area contributed by atoms with Crippen LogP contribution in [0.4, 0.5) is 0 Å². The van der Waals surface area contributed by atoms with E-state index in [0.29, 0.717) is 12.4 Å². The standard InChI is InChI=1S/C32H28N2O4/c1-36-32(35)28-30(37-19-21-9-4-2-5-10-21)25-14-8-13-23-15-16-26-24(17-18-33-26)27(23)29(25)34-31(28)38-20-22-11-6-3-7-12-22/h2-7,9-12,15-18,33H,8,13-14,19-20H2,1H3. The summed E-state index contributed by atoms with van der Waals surface area (Å²) in [5.41, 5.74) is 7.21. The number of nitrogens with zero attached hydrogens (tertiary/aromatic N) is 1. The molecule has 5 aromatic rings. The minimum Gasteiger partial charge on any atom is -0.487 e. The van der Waals surface area contributed by atoms with Crippen LogP contribution in [0.2, 0.25) is 0 Å². The zero-order valence-corrected chi connectivity index (χ0v) is 21.2. The normalized spacial score (nSPS) is 12.3. The third-order valence-corrected chi connectivity index (χ3v) is 6.98. The Morgan fingerprint density at radius 3 is 2.29 bits per heavy atom. The van der Waals surface area contributed by atoms with Gasteiger partial charge in [0.05, 0.1) is 12.8 Å². The fourth-order valence-corrected chi connectivity index (χ4v) is 5.14. The zero-order valence-electron chi connectivity index (χ0n) is 21.2. The van der Waals surface area contributed by atoms with E-state index in [0.717, 1.165) is 58.1 Å². The molecule has 38 heavy (non-hydrogen) atoms. The number of aromatic amines is 1. The SMILES string of the molecule is COC(=O)c1c(OCc2ccccc2)nc2c(c1OCc1ccccc1)CCCc1ccc3[nH]ccc3c1-2. The maximum atomic E-state index is 13.2. The van der Waals surface area contributed by atoms with Gasteiger partial charge in [0.1, 0.15) is 19.0 Å². The van der Waals surface area contributed by atoms with Crippen LogP contribution in [0.15, 0.2) is 85.1 Å². The summed E-state index contributed by atoms with van der Waals surface area (Å²) >= 11 is 0. The van der Waals surface area contributed by atoms with Crippen LogP contribution in [0.1, 0.15) is 39.0 Å². The molecule has 3 aromatic carbocycles. The van der Waals surface area contributed by atoms with E-state index in [4.69, 9.17) is 19.2 Å². The van der Waals surface area contributed by atoms with Gasteiger partial charge in [0.15, 0.2) is 5.56 Å². The van der Waals surface area contributed by atoms with E-state index in [1.165, 1.54) is 12.7 Å². The summed E-state index contributed by atoms with van der Waals surface area (Å²) in [6, 6.07) is 26.1. The van der Waals surface area contributed by atoms with Crippen LogP contribution in [-0.2, 0) is 30.8 Å². The monoisotopic (exact) mass is 504 g/mol. The number of nitrogens with one attached hydrogen (secondary N) is 1. The number of hydrogen-bond acceptors (Lipinski definition) is 5. The number of carbonyl (C=O) groups excluding carboxylic acids is 1. The molecule has 0 aliphatic heterocycles. The summed E-state index contributed by atoms with van der Waals surface area (Å²) in [5, 5.41) is 1.09. The molecule has 1 aliphatic rings. The fraction of sp³-hybridized carbons (Fsp3) is 0.188. The molecule has 2 heterocycles. The van der Waals surface area contributed by atoms with Crippen LogP contribution in [-0.4, -0.2) is 23.0 Å². The highest BCUT2D eigenvalue weighted by atomic mass is 16.5. The van der Waals surface area contributed by atoms with Crippen molar-refractivity contribution < 1.29 is 19.0 Å². The van der Waals surface area contributed by atoms with Crippen LogP contribution in [0.25, 0.3) is 22.2 Å². The summed E-state index contributed by atoms with van der Waals surface area (Å²) < 4.78 is 18.0. The maximum Gasteiger partial charge on any atom is 0.347 e. The van der Waals surface area contributed by atoms with Gasteiger partial charge in [-0.3, -0.25) is 0 Å². The molecular formula is C32H28N2O4. The smallest absolute Gasteiger partial charge is 0.347 e. The summed E-state index contributed by atoms with van der Waals surface area (Å²) in [5.74, 6) is 0.160. The number of carbonyl (C=O) groups is 1. The topological polar surface area (TPSA) is 73.4 Å². The zero-order chi connectivity index (χ0) is 25.9. The maximum absolute atomic E-state index is 13.2. The van der Waals surface area contributed by atoms with Gasteiger partial charge >= 0.3 is 5.97 Å². The molecule has 0 amide bonds. The van der Waals surface area contributed by atoms with Crippen molar-refractivity contribution in [2.45, 2.75) is 32.5 Å². The van der Waals surface area contributed by atoms with E-state index < -0.39 is 5.97 Å². The summed E-state index contributed by atoms with van der Waals surface area (Å²) in [6.45, 7) is 0.566. The first-order valence-corrected chi connectivity index (χ1v) is 12.8. The van der Waals surface area contributed by atoms with Crippen molar-refractivity contribution in [1.82, 2.24) is 9.97 Å². The molecular weight excluding hydrogens is 476 g/mol. The number of ether oxygens (including phenoxy) is 3. The number of aryl methyl sites for hydroxylation is 1. The van der Waals surface area contributed by atoms with Crippen molar-refractivity contribution in [3.63, 3.8) is 0 Å². The quantitative estimate of drug-likeness (QED) is 0.251. The van der Waals surface area contributed by atoms with Gasteiger partial charge < -0.3 is 19.2 Å². The van der Waals surface area contributed by atoms with Gasteiger partial charge in [-0.1, -0.05) is 66.7 Å². The molecule has 1 N–H and O–H groups in total. The number of H-pyrrole nitrogens is 1. The van der Waals surface area contributed by atoms with Crippen molar-refractivity contribution in [1.29, 1.82) is 0 Å². The molecule has 0 unspecified atom stereocenters. The molecule has 0 bridgehead atoms. The molecule has 190 valence electrons. The number of hydrogen-bond donors (Lipinski definition) is 1. The Hall–Kier alpha value is -4.58. The van der Waals surface area contributed by atoms with E-state index in [1.54, 1.807) is 0 Å². The number of benzene rings is 3. The molecule has 0 atom stereocenters. The molecule has 0 spiro atoms. The number of methoxy groups -OCH3 is 1. The van der Waals surface area contributed by atoms with Crippen LogP contribution in [0, 0.1) is 0 Å². The molecule has 0 saturated carbocycles. The highest BCUT2D eigenvalue weighted by Crippen LogP contribution is 2.44. The Balaban J connectivity index is 1.55. The van der Waals surface area contributed by atoms with Gasteiger partial charge in [-0.25, -0.2) is 9.78 Å². The predicted octanol–water partition coefficient (Wildman–Crippen LogP) is 6.66. The average molecular weight is 505 g/mol. The Morgan fingerprint density at radius 2 is 1.58 bits per heavy atom. The highest BCUT2D eigenvalue weighted by molar-refractivity contribution is 6.00. The predicted molar refractivity (Wildman–Crippen MR) is 146 cm³/mol. The Kier molecular flexibility index (Phi) is 6.53. The first-order valence-electron chi connectivity index (χ1n) is 12.8. The van der Waals surface area contributed by atoms with Crippen molar-refractivity contribution in [2.75, 3.05) is 7.11 Å². The first kappa shape index (κ1) is 23.8. The lowest BCUT2D eigenvalue weighted by molar-refractivity contribution is 0.0588. The van der Waals surface area contributed by atoms with Crippen LogP contribution in [0.5, 0.6) is 11.6 Å². The lowest BCUT2D eigenvalue weighted by atomic mass is 9.96. The Labute approximate surface area is 221 Å². The Morgan fingerprint density at radius 1 is 0.868 bits per heavy atom. The van der Waals surface area contributed by atoms with Crippen LogP contribution < -0.4 is 9.47 Å². The van der Waals surface area contributed by atoms with E-state index in [1.807, 2.05) is 66.9 Å². The van der Waals surface area contributed by atoms with Gasteiger partial charge in [-0.15, -0.1) is 0 Å². The van der Waals surface area contributed by atoms with Crippen molar-refractivity contribution in [3.05, 3.63) is 113 Å². The number of rotatable bonds is 7. The van der Waals surface area contributed by atoms with E-state index in [-0.39, 0.29) is 18.1 Å². The molecule has 6 heteroatoms. The summed E-state index contributed by atoms with van der Waals surface area (Å²) in [4.78, 5) is 21.6. The summed E-state index contributed by atoms with van der Waals surface area (Å²) in [6.07, 6.45) is 4.47. The van der Waals surface area contributed by atoms with Gasteiger partial charge in [-0.05, 0) is 48.1 Å². The number of pyridine rings is 1. The van der Waals surface area contributed by atoms with E-state index in [9.17, 15) is 4.79 Å². The van der Waals surface area contributed by atoms with Crippen LogP contribution >= 0.6 is 0 Å². The number of esters is 1. The molecule has 6 rings (SSSR count). The highest BCUT2D eigenvalue weighted by Gasteiger charge is 2.31. The fourth-order valence-electron chi connectivity index (χ4n) is 5.14. The molecule has 2 aromatic heterocycles. The third kappa shape index (κ3) is 4.50. The molecule has 0 radical (unpaired) electrons. The van der Waals surface area contributed by atoms with E-state index >= 15 is 0 Å². The van der Waals surface area contributed by atoms with Gasteiger partial charge in [0.2, 0.25) is 5.88 Å². The molecule has 0 fully saturated rings. The third-order valence-electron chi connectivity index (χ3n) is 6.98. The minimum atomic E-state index is -0.532. The van der Waals surface area contributed by atoms with Crippen molar-refractivity contribution in [3.8, 4) is 22.9 Å². The Bertz CT molecular complexity index is 1590. The number of fused-ring (bicyclic) bond motifs is 5. The second-order valence-corrected chi connectivity index (χ2v) is 9.38. The average Bonchev–Trinajstić information content (AvgIpc) is 3.37. The first-order chi connectivity index (χ1) is 18.7. The molecule has 0 saturated heterocycles. The van der Waals surface area contributed by atoms with Crippen molar-refractivity contribution >= 4 is 16.9 Å². The van der Waals surface area contributed by atoms with E-state index in [2.05, 4.69) is 23.2 Å². The molecule has 6 nitrogen and oxygen atoms in total. The minimum absolute atomic E-state index is 0.211. The second-order valence-electron chi connectivity index (χ2n) is 9.38. The lowest BCUT2D eigenvalue weighted by Crippen LogP contribution is -2.14. The van der Waals surface area contributed by atoms with Gasteiger partial charge in [0, 0.05) is 28.2 Å². The van der Waals surface area contributed by atoms with Crippen LogP contribution in [0.3, 0.4) is 0 Å². The summed E-state index contributed by atoms with van der Waals surface area (Å²) in [7, 11) is 1.37. The van der Waals surface area contributed by atoms with Crippen molar-refractivity contribution in [2.24, 2.45) is 0 Å². The van der Waals surface area contributed by atoms with Gasteiger partial charge in [-0.2, -0.15) is 0 Å².